The van der Waals surface area contributed by atoms with Crippen LogP contribution in [0.4, 0.5) is 0 Å². The van der Waals surface area contributed by atoms with Gasteiger partial charge in [-0.3, -0.25) is 0 Å². The lowest BCUT2D eigenvalue weighted by Gasteiger charge is -2.10. The minimum Gasteiger partial charge on any atom is -0.493 e. The molecule has 1 aromatic carbocycles. The molecule has 0 N–H and O–H groups in total. The molecule has 24 heavy (non-hydrogen) atoms. The minimum absolute atomic E-state index is 0.623. The summed E-state index contributed by atoms with van der Waals surface area (Å²) in [5, 5.41) is 3.25. The average molecular weight is 381 g/mol. The number of hydrogen-bond acceptors (Lipinski definition) is 3. The van der Waals surface area contributed by atoms with E-state index in [0.29, 0.717) is 16.7 Å². The molecule has 0 aliphatic rings. The molecule has 0 fully saturated rings. The summed E-state index contributed by atoms with van der Waals surface area (Å²) in [6.07, 6.45) is 5.86. The Labute approximate surface area is 156 Å². The molecular formula is C19H18Cl2O2S. The van der Waals surface area contributed by atoms with Gasteiger partial charge in [0.2, 0.25) is 0 Å². The molecule has 2 nitrogen and oxygen atoms in total. The minimum atomic E-state index is 0.623. The Morgan fingerprint density at radius 1 is 1.00 bits per heavy atom. The highest BCUT2D eigenvalue weighted by molar-refractivity contribution is 7.13. The van der Waals surface area contributed by atoms with Crippen molar-refractivity contribution in [3.63, 3.8) is 0 Å². The Hall–Kier alpha value is -1.42. The highest BCUT2D eigenvalue weighted by Gasteiger charge is 2.12. The standard InChI is InChI=1S/C19H18Cl2O2S/c20-16-12-15(13-17(21)19(16)18-8-5-11-24-18)23-9-3-1-2-6-14-7-4-10-22-14/h4-5,7-8,10-13H,1-3,6,9H2. The summed E-state index contributed by atoms with van der Waals surface area (Å²) in [6.45, 7) is 0.656. The van der Waals surface area contributed by atoms with Gasteiger partial charge in [-0.1, -0.05) is 29.3 Å². The zero-order chi connectivity index (χ0) is 16.8. The van der Waals surface area contributed by atoms with E-state index in [2.05, 4.69) is 0 Å². The Kier molecular flexibility index (Phi) is 6.24. The van der Waals surface area contributed by atoms with Gasteiger partial charge >= 0.3 is 0 Å². The zero-order valence-electron chi connectivity index (χ0n) is 13.1. The van der Waals surface area contributed by atoms with E-state index in [1.54, 1.807) is 17.6 Å². The van der Waals surface area contributed by atoms with Crippen LogP contribution in [0.15, 0.2) is 52.5 Å². The second kappa shape index (κ2) is 8.61. The monoisotopic (exact) mass is 380 g/mol. The van der Waals surface area contributed by atoms with Crippen molar-refractivity contribution in [1.29, 1.82) is 0 Å². The molecule has 3 aromatic rings. The van der Waals surface area contributed by atoms with Crippen LogP contribution in [-0.4, -0.2) is 6.61 Å². The van der Waals surface area contributed by atoms with Crippen molar-refractivity contribution < 1.29 is 9.15 Å². The summed E-state index contributed by atoms with van der Waals surface area (Å²) in [7, 11) is 0. The highest BCUT2D eigenvalue weighted by atomic mass is 35.5. The van der Waals surface area contributed by atoms with Gasteiger partial charge in [-0.2, -0.15) is 0 Å². The molecule has 2 heterocycles. The second-order valence-electron chi connectivity index (χ2n) is 5.48. The second-order valence-corrected chi connectivity index (χ2v) is 7.24. The van der Waals surface area contributed by atoms with Crippen LogP contribution in [0.1, 0.15) is 25.0 Å². The lowest BCUT2D eigenvalue weighted by molar-refractivity contribution is 0.304. The number of aryl methyl sites for hydroxylation is 1. The quantitative estimate of drug-likeness (QED) is 0.388. The Morgan fingerprint density at radius 2 is 1.83 bits per heavy atom. The van der Waals surface area contributed by atoms with Crippen LogP contribution in [0.3, 0.4) is 0 Å². The third kappa shape index (κ3) is 4.56. The van der Waals surface area contributed by atoms with E-state index < -0.39 is 0 Å². The van der Waals surface area contributed by atoms with Crippen molar-refractivity contribution in [2.24, 2.45) is 0 Å². The third-order valence-corrected chi connectivity index (χ3v) is 5.18. The molecule has 3 rings (SSSR count). The van der Waals surface area contributed by atoms with Crippen LogP contribution in [-0.2, 0) is 6.42 Å². The number of unbranched alkanes of at least 4 members (excludes halogenated alkanes) is 2. The molecule has 0 spiro atoms. The Bertz CT molecular complexity index is 729. The van der Waals surface area contributed by atoms with Crippen LogP contribution in [0, 0.1) is 0 Å². The van der Waals surface area contributed by atoms with Crippen molar-refractivity contribution in [3.05, 3.63) is 63.8 Å². The summed E-state index contributed by atoms with van der Waals surface area (Å²) >= 11 is 14.4. The summed E-state index contributed by atoms with van der Waals surface area (Å²) in [6, 6.07) is 11.6. The number of furan rings is 1. The first-order valence-corrected chi connectivity index (χ1v) is 9.55. The first-order valence-electron chi connectivity index (χ1n) is 7.92. The topological polar surface area (TPSA) is 22.4 Å². The summed E-state index contributed by atoms with van der Waals surface area (Å²) in [5.41, 5.74) is 0.874. The number of rotatable bonds is 8. The van der Waals surface area contributed by atoms with Gasteiger partial charge in [0.15, 0.2) is 0 Å². The number of halogens is 2. The van der Waals surface area contributed by atoms with Gasteiger partial charge in [0, 0.05) is 16.9 Å². The number of thiophene rings is 1. The molecule has 0 aliphatic heterocycles. The molecule has 0 bridgehead atoms. The third-order valence-electron chi connectivity index (χ3n) is 3.70. The largest absolute Gasteiger partial charge is 0.493 e. The fourth-order valence-corrected chi connectivity index (χ4v) is 4.09. The van der Waals surface area contributed by atoms with E-state index in [4.69, 9.17) is 32.4 Å². The fraction of sp³-hybridized carbons (Fsp3) is 0.263. The van der Waals surface area contributed by atoms with Gasteiger partial charge < -0.3 is 9.15 Å². The maximum atomic E-state index is 6.38. The predicted octanol–water partition coefficient (Wildman–Crippen LogP) is 7.11. The van der Waals surface area contributed by atoms with E-state index >= 15 is 0 Å². The van der Waals surface area contributed by atoms with Gasteiger partial charge in [-0.25, -0.2) is 0 Å². The molecule has 0 radical (unpaired) electrons. The fourth-order valence-electron chi connectivity index (χ4n) is 2.51. The molecule has 0 atom stereocenters. The van der Waals surface area contributed by atoms with Crippen molar-refractivity contribution in [1.82, 2.24) is 0 Å². The van der Waals surface area contributed by atoms with Crippen molar-refractivity contribution >= 4 is 34.5 Å². The lowest BCUT2D eigenvalue weighted by atomic mass is 10.1. The normalized spacial score (nSPS) is 10.9. The van der Waals surface area contributed by atoms with E-state index in [9.17, 15) is 0 Å². The molecule has 2 aromatic heterocycles. The van der Waals surface area contributed by atoms with Gasteiger partial charge in [0.05, 0.1) is 22.9 Å². The van der Waals surface area contributed by atoms with Crippen LogP contribution < -0.4 is 4.74 Å². The number of benzene rings is 1. The van der Waals surface area contributed by atoms with Crippen LogP contribution >= 0.6 is 34.5 Å². The molecule has 126 valence electrons. The van der Waals surface area contributed by atoms with E-state index in [0.717, 1.165) is 47.6 Å². The lowest BCUT2D eigenvalue weighted by Crippen LogP contribution is -1.98. The summed E-state index contributed by atoms with van der Waals surface area (Å²) < 4.78 is 11.1. The predicted molar refractivity (Wildman–Crippen MR) is 102 cm³/mol. The van der Waals surface area contributed by atoms with E-state index in [1.807, 2.05) is 41.8 Å². The molecular weight excluding hydrogens is 363 g/mol. The van der Waals surface area contributed by atoms with Gasteiger partial charge in [-0.15, -0.1) is 11.3 Å². The van der Waals surface area contributed by atoms with Crippen molar-refractivity contribution in [3.8, 4) is 16.2 Å². The maximum absolute atomic E-state index is 6.38. The summed E-state index contributed by atoms with van der Waals surface area (Å²) in [5.74, 6) is 1.76. The first kappa shape index (κ1) is 17.4. The molecule has 0 amide bonds. The zero-order valence-corrected chi connectivity index (χ0v) is 15.5. The molecule has 5 heteroatoms. The van der Waals surface area contributed by atoms with Gasteiger partial charge in [0.25, 0.3) is 0 Å². The smallest absolute Gasteiger partial charge is 0.122 e. The van der Waals surface area contributed by atoms with Crippen molar-refractivity contribution in [2.75, 3.05) is 6.61 Å². The van der Waals surface area contributed by atoms with Gasteiger partial charge in [0.1, 0.15) is 11.5 Å². The Balaban J connectivity index is 1.47. The van der Waals surface area contributed by atoms with Crippen molar-refractivity contribution in [2.45, 2.75) is 25.7 Å². The Morgan fingerprint density at radius 3 is 2.50 bits per heavy atom. The molecule has 0 saturated carbocycles. The molecule has 0 unspecified atom stereocenters. The van der Waals surface area contributed by atoms with E-state index in [-0.39, 0.29) is 0 Å². The maximum Gasteiger partial charge on any atom is 0.122 e. The van der Waals surface area contributed by atoms with E-state index in [1.165, 1.54) is 0 Å². The number of hydrogen-bond donors (Lipinski definition) is 0. The van der Waals surface area contributed by atoms with Crippen LogP contribution in [0.5, 0.6) is 5.75 Å². The first-order chi connectivity index (χ1) is 11.7. The SMILES string of the molecule is Clc1cc(OCCCCCc2ccco2)cc(Cl)c1-c1cccs1. The molecule has 0 aliphatic carbocycles. The average Bonchev–Trinajstić information content (AvgIpc) is 3.24. The number of ether oxygens (including phenoxy) is 1. The molecule has 0 saturated heterocycles. The van der Waals surface area contributed by atoms with Crippen LogP contribution in [0.25, 0.3) is 10.4 Å². The highest BCUT2D eigenvalue weighted by Crippen LogP contribution is 2.40. The van der Waals surface area contributed by atoms with Crippen LogP contribution in [0.2, 0.25) is 10.0 Å². The van der Waals surface area contributed by atoms with Gasteiger partial charge in [-0.05, 0) is 55.0 Å². The summed E-state index contributed by atoms with van der Waals surface area (Å²) in [4.78, 5) is 1.06.